The van der Waals surface area contributed by atoms with Gasteiger partial charge < -0.3 is 11.1 Å². The van der Waals surface area contributed by atoms with E-state index in [0.29, 0.717) is 0 Å². The number of rotatable bonds is 14. The molecule has 0 saturated carbocycles. The second kappa shape index (κ2) is 15.9. The van der Waals surface area contributed by atoms with Gasteiger partial charge in [-0.25, -0.2) is 0 Å². The first-order chi connectivity index (χ1) is 8.41. The van der Waals surface area contributed by atoms with Gasteiger partial charge in [-0.05, 0) is 13.0 Å². The van der Waals surface area contributed by atoms with Crippen molar-refractivity contribution >= 4 is 0 Å². The minimum absolute atomic E-state index is 0.762. The summed E-state index contributed by atoms with van der Waals surface area (Å²) in [5.74, 6) is 0. The van der Waals surface area contributed by atoms with E-state index in [4.69, 9.17) is 5.73 Å². The summed E-state index contributed by atoms with van der Waals surface area (Å²) in [5.41, 5.74) is 5.41. The van der Waals surface area contributed by atoms with Gasteiger partial charge >= 0.3 is 0 Å². The quantitative estimate of drug-likeness (QED) is 0.454. The van der Waals surface area contributed by atoms with E-state index in [0.717, 1.165) is 19.6 Å². The molecule has 0 aromatic carbocycles. The Kier molecular flexibility index (Phi) is 15.8. The Labute approximate surface area is 109 Å². The highest BCUT2D eigenvalue weighted by Crippen LogP contribution is 2.10. The van der Waals surface area contributed by atoms with Crippen LogP contribution in [0.4, 0.5) is 0 Å². The first-order valence-electron chi connectivity index (χ1n) is 7.82. The Morgan fingerprint density at radius 2 is 1.12 bits per heavy atom. The molecule has 0 amide bonds. The van der Waals surface area contributed by atoms with Crippen molar-refractivity contribution in [1.29, 1.82) is 0 Å². The maximum atomic E-state index is 5.41. The van der Waals surface area contributed by atoms with Gasteiger partial charge in [-0.2, -0.15) is 0 Å². The molecular weight excluding hydrogens is 208 g/mol. The summed E-state index contributed by atoms with van der Waals surface area (Å²) in [7, 11) is 0. The number of hydrogen-bond donors (Lipinski definition) is 2. The molecule has 0 rings (SSSR count). The highest BCUT2D eigenvalue weighted by atomic mass is 14.9. The maximum Gasteiger partial charge on any atom is 0.00745 e. The first kappa shape index (κ1) is 16.9. The average Bonchev–Trinajstić information content (AvgIpc) is 2.35. The van der Waals surface area contributed by atoms with Crippen LogP contribution in [0.2, 0.25) is 0 Å². The topological polar surface area (TPSA) is 38.0 Å². The fourth-order valence-electron chi connectivity index (χ4n) is 2.14. The molecule has 3 N–H and O–H groups in total. The number of nitrogens with one attached hydrogen (secondary N) is 1. The molecule has 0 heterocycles. The van der Waals surface area contributed by atoms with Crippen LogP contribution in [0.15, 0.2) is 0 Å². The molecule has 104 valence electrons. The highest BCUT2D eigenvalue weighted by molar-refractivity contribution is 4.51. The zero-order valence-corrected chi connectivity index (χ0v) is 12.0. The van der Waals surface area contributed by atoms with Crippen LogP contribution < -0.4 is 11.1 Å². The zero-order chi connectivity index (χ0) is 12.6. The zero-order valence-electron chi connectivity index (χ0n) is 12.0. The van der Waals surface area contributed by atoms with Crippen LogP contribution in [0.25, 0.3) is 0 Å². The smallest absolute Gasteiger partial charge is 0.00745 e. The third kappa shape index (κ3) is 15.9. The second-order valence-corrected chi connectivity index (χ2v) is 5.07. The molecule has 17 heavy (non-hydrogen) atoms. The van der Waals surface area contributed by atoms with Crippen molar-refractivity contribution in [1.82, 2.24) is 5.32 Å². The summed E-state index contributed by atoms with van der Waals surface area (Å²) in [6, 6.07) is 0. The van der Waals surface area contributed by atoms with Crippen LogP contribution in [0, 0.1) is 0 Å². The van der Waals surface area contributed by atoms with Crippen molar-refractivity contribution in [3.05, 3.63) is 0 Å². The Morgan fingerprint density at radius 1 is 0.647 bits per heavy atom. The van der Waals surface area contributed by atoms with E-state index in [-0.39, 0.29) is 0 Å². The number of hydrogen-bond acceptors (Lipinski definition) is 2. The minimum atomic E-state index is 0.762. The van der Waals surface area contributed by atoms with Gasteiger partial charge in [-0.1, -0.05) is 71.1 Å². The van der Waals surface area contributed by atoms with Gasteiger partial charge in [-0.15, -0.1) is 0 Å². The molecule has 0 saturated heterocycles. The standard InChI is InChI=1S/C15H34N2/c1-2-3-4-5-6-7-8-9-10-11-12-14-17-15-13-16/h17H,2-16H2,1H3. The Morgan fingerprint density at radius 3 is 1.59 bits per heavy atom. The predicted molar refractivity (Wildman–Crippen MR) is 78.4 cm³/mol. The van der Waals surface area contributed by atoms with E-state index in [2.05, 4.69) is 12.2 Å². The Hall–Kier alpha value is -0.0800. The van der Waals surface area contributed by atoms with E-state index in [9.17, 15) is 0 Å². The third-order valence-electron chi connectivity index (χ3n) is 3.28. The molecule has 0 atom stereocenters. The van der Waals surface area contributed by atoms with Gasteiger partial charge in [0.05, 0.1) is 0 Å². The van der Waals surface area contributed by atoms with Crippen LogP contribution in [-0.4, -0.2) is 19.6 Å². The molecule has 0 aliphatic rings. The van der Waals surface area contributed by atoms with Gasteiger partial charge in [-0.3, -0.25) is 0 Å². The molecule has 0 fully saturated rings. The van der Waals surface area contributed by atoms with Crippen molar-refractivity contribution in [3.63, 3.8) is 0 Å². The van der Waals surface area contributed by atoms with Crippen LogP contribution >= 0.6 is 0 Å². The Bertz CT molecular complexity index is 112. The van der Waals surface area contributed by atoms with Crippen molar-refractivity contribution < 1.29 is 0 Å². The molecule has 0 unspecified atom stereocenters. The van der Waals surface area contributed by atoms with Crippen molar-refractivity contribution in [2.45, 2.75) is 77.6 Å². The highest BCUT2D eigenvalue weighted by Gasteiger charge is 1.92. The summed E-state index contributed by atoms with van der Waals surface area (Å²) in [4.78, 5) is 0. The van der Waals surface area contributed by atoms with E-state index in [1.165, 1.54) is 70.6 Å². The molecule has 0 aliphatic heterocycles. The van der Waals surface area contributed by atoms with Gasteiger partial charge in [0.1, 0.15) is 0 Å². The Balaban J connectivity index is 2.85. The van der Waals surface area contributed by atoms with Crippen LogP contribution in [-0.2, 0) is 0 Å². The minimum Gasteiger partial charge on any atom is -0.329 e. The van der Waals surface area contributed by atoms with Crippen LogP contribution in [0.5, 0.6) is 0 Å². The summed E-state index contributed by atoms with van der Waals surface area (Å²) < 4.78 is 0. The summed E-state index contributed by atoms with van der Waals surface area (Å²) in [6.45, 7) is 5.16. The van der Waals surface area contributed by atoms with E-state index in [1.54, 1.807) is 0 Å². The SMILES string of the molecule is CCCCCCCCCCCCCNCCN. The second-order valence-electron chi connectivity index (χ2n) is 5.07. The van der Waals surface area contributed by atoms with Crippen molar-refractivity contribution in [2.24, 2.45) is 5.73 Å². The lowest BCUT2D eigenvalue weighted by molar-refractivity contribution is 0.540. The van der Waals surface area contributed by atoms with Crippen molar-refractivity contribution in [3.8, 4) is 0 Å². The molecule has 0 aromatic rings. The molecular formula is C15H34N2. The molecule has 0 radical (unpaired) electrons. The van der Waals surface area contributed by atoms with Gasteiger partial charge in [0.2, 0.25) is 0 Å². The van der Waals surface area contributed by atoms with Gasteiger partial charge in [0.25, 0.3) is 0 Å². The van der Waals surface area contributed by atoms with Crippen molar-refractivity contribution in [2.75, 3.05) is 19.6 Å². The van der Waals surface area contributed by atoms with Gasteiger partial charge in [0, 0.05) is 13.1 Å². The summed E-state index contributed by atoms with van der Waals surface area (Å²) in [6.07, 6.45) is 15.6. The van der Waals surface area contributed by atoms with Crippen LogP contribution in [0.1, 0.15) is 77.6 Å². The largest absolute Gasteiger partial charge is 0.329 e. The summed E-state index contributed by atoms with van der Waals surface area (Å²) >= 11 is 0. The number of unbranched alkanes of at least 4 members (excludes halogenated alkanes) is 10. The maximum absolute atomic E-state index is 5.41. The fraction of sp³-hybridized carbons (Fsp3) is 1.00. The van der Waals surface area contributed by atoms with E-state index >= 15 is 0 Å². The molecule has 2 nitrogen and oxygen atoms in total. The van der Waals surface area contributed by atoms with E-state index in [1.807, 2.05) is 0 Å². The number of nitrogens with two attached hydrogens (primary N) is 1. The molecule has 0 bridgehead atoms. The molecule has 0 aliphatic carbocycles. The first-order valence-corrected chi connectivity index (χ1v) is 7.82. The summed E-state index contributed by atoms with van der Waals surface area (Å²) in [5, 5.41) is 3.34. The molecule has 0 aromatic heterocycles. The normalized spacial score (nSPS) is 10.9. The molecule has 0 spiro atoms. The van der Waals surface area contributed by atoms with E-state index < -0.39 is 0 Å². The predicted octanol–water partition coefficient (Wildman–Crippen LogP) is 3.85. The van der Waals surface area contributed by atoms with Gasteiger partial charge in [0.15, 0.2) is 0 Å². The fourth-order valence-corrected chi connectivity index (χ4v) is 2.14. The lowest BCUT2D eigenvalue weighted by atomic mass is 10.1. The molecule has 2 heteroatoms. The lowest BCUT2D eigenvalue weighted by Gasteiger charge is -2.03. The average molecular weight is 242 g/mol. The monoisotopic (exact) mass is 242 g/mol. The van der Waals surface area contributed by atoms with Crippen LogP contribution in [0.3, 0.4) is 0 Å². The third-order valence-corrected chi connectivity index (χ3v) is 3.28. The lowest BCUT2D eigenvalue weighted by Crippen LogP contribution is -2.23.